The van der Waals surface area contributed by atoms with Crippen molar-refractivity contribution in [3.63, 3.8) is 0 Å². The van der Waals surface area contributed by atoms with Gasteiger partial charge in [0.1, 0.15) is 6.26 Å². The lowest BCUT2D eigenvalue weighted by atomic mass is 10.0. The topological polar surface area (TPSA) is 52.0 Å². The van der Waals surface area contributed by atoms with E-state index in [1.54, 1.807) is 6.26 Å². The van der Waals surface area contributed by atoms with Crippen molar-refractivity contribution in [3.05, 3.63) is 18.4 Å². The highest BCUT2D eigenvalue weighted by Crippen LogP contribution is 2.07. The zero-order valence-electron chi connectivity index (χ0n) is 7.66. The molecule has 0 spiro atoms. The second-order valence-corrected chi connectivity index (χ2v) is 3.57. The molecule has 0 aliphatic carbocycles. The predicted molar refractivity (Wildman–Crippen MR) is 47.6 cm³/mol. The van der Waals surface area contributed by atoms with Gasteiger partial charge in [-0.05, 0) is 12.3 Å². The summed E-state index contributed by atoms with van der Waals surface area (Å²) in [6, 6.07) is 0.204. The number of nitrogens with zero attached hydrogens (tertiary/aromatic N) is 1. The van der Waals surface area contributed by atoms with Crippen LogP contribution in [0.4, 0.5) is 0 Å². The Labute approximate surface area is 73.0 Å². The van der Waals surface area contributed by atoms with E-state index in [1.165, 1.54) is 6.39 Å². The molecule has 0 amide bonds. The minimum Gasteiger partial charge on any atom is -0.451 e. The number of aromatic nitrogens is 1. The van der Waals surface area contributed by atoms with Crippen LogP contribution in [0.1, 0.15) is 26.0 Å². The molecule has 3 heteroatoms. The molecule has 0 saturated carbocycles. The second-order valence-electron chi connectivity index (χ2n) is 3.57. The third-order valence-corrected chi connectivity index (χ3v) is 1.73. The van der Waals surface area contributed by atoms with Gasteiger partial charge in [-0.2, -0.15) is 0 Å². The maximum Gasteiger partial charge on any atom is 0.180 e. The quantitative estimate of drug-likeness (QED) is 0.742. The molecule has 1 atom stereocenters. The van der Waals surface area contributed by atoms with E-state index in [2.05, 4.69) is 18.8 Å². The number of oxazole rings is 1. The Balaban J connectivity index is 2.32. The van der Waals surface area contributed by atoms with E-state index in [4.69, 9.17) is 10.2 Å². The van der Waals surface area contributed by atoms with Crippen LogP contribution in [0.2, 0.25) is 0 Å². The molecule has 1 unspecified atom stereocenters. The lowest BCUT2D eigenvalue weighted by Crippen LogP contribution is -2.24. The van der Waals surface area contributed by atoms with E-state index in [1.807, 2.05) is 0 Å². The minimum atomic E-state index is 0.204. The zero-order valence-corrected chi connectivity index (χ0v) is 7.66. The third kappa shape index (κ3) is 3.05. The monoisotopic (exact) mass is 168 g/mol. The van der Waals surface area contributed by atoms with Crippen LogP contribution in [0.5, 0.6) is 0 Å². The maximum absolute atomic E-state index is 5.88. The van der Waals surface area contributed by atoms with E-state index >= 15 is 0 Å². The first-order valence-electron chi connectivity index (χ1n) is 4.31. The molecule has 12 heavy (non-hydrogen) atoms. The SMILES string of the molecule is CC(C)CC(N)Cc1cocn1. The third-order valence-electron chi connectivity index (χ3n) is 1.73. The Morgan fingerprint density at radius 1 is 1.58 bits per heavy atom. The van der Waals surface area contributed by atoms with Gasteiger partial charge >= 0.3 is 0 Å². The van der Waals surface area contributed by atoms with Crippen LogP contribution in [0.3, 0.4) is 0 Å². The summed E-state index contributed by atoms with van der Waals surface area (Å²) in [6.45, 7) is 4.34. The Morgan fingerprint density at radius 3 is 2.83 bits per heavy atom. The Morgan fingerprint density at radius 2 is 2.33 bits per heavy atom. The van der Waals surface area contributed by atoms with Crippen molar-refractivity contribution in [3.8, 4) is 0 Å². The van der Waals surface area contributed by atoms with Crippen molar-refractivity contribution in [2.45, 2.75) is 32.7 Å². The largest absolute Gasteiger partial charge is 0.451 e. The standard InChI is InChI=1S/C9H16N2O/c1-7(2)3-8(10)4-9-5-12-6-11-9/h5-8H,3-4,10H2,1-2H3. The van der Waals surface area contributed by atoms with Crippen LogP contribution < -0.4 is 5.73 Å². The summed E-state index contributed by atoms with van der Waals surface area (Å²) in [7, 11) is 0. The van der Waals surface area contributed by atoms with Crippen LogP contribution in [-0.4, -0.2) is 11.0 Å². The molecule has 3 nitrogen and oxygen atoms in total. The molecule has 0 aliphatic heterocycles. The highest BCUT2D eigenvalue weighted by molar-refractivity contribution is 4.94. The van der Waals surface area contributed by atoms with Crippen molar-refractivity contribution in [1.82, 2.24) is 4.98 Å². The Kier molecular flexibility index (Phi) is 3.29. The fourth-order valence-electron chi connectivity index (χ4n) is 1.30. The molecule has 0 fully saturated rings. The molecule has 0 aliphatic rings. The molecule has 0 bridgehead atoms. The van der Waals surface area contributed by atoms with Gasteiger partial charge in [-0.15, -0.1) is 0 Å². The number of hydrogen-bond donors (Lipinski definition) is 1. The van der Waals surface area contributed by atoms with E-state index in [0.717, 1.165) is 18.5 Å². The molecule has 2 N–H and O–H groups in total. The number of rotatable bonds is 4. The molecule has 68 valence electrons. The first kappa shape index (κ1) is 9.26. The highest BCUT2D eigenvalue weighted by atomic mass is 16.3. The fraction of sp³-hybridized carbons (Fsp3) is 0.667. The minimum absolute atomic E-state index is 0.204. The van der Waals surface area contributed by atoms with Gasteiger partial charge in [0.25, 0.3) is 0 Å². The van der Waals surface area contributed by atoms with Gasteiger partial charge in [-0.25, -0.2) is 4.98 Å². The summed E-state index contributed by atoms with van der Waals surface area (Å²) < 4.78 is 4.85. The predicted octanol–water partition coefficient (Wildman–Crippen LogP) is 1.59. The molecule has 0 saturated heterocycles. The van der Waals surface area contributed by atoms with E-state index in [0.29, 0.717) is 5.92 Å². The van der Waals surface area contributed by atoms with Gasteiger partial charge in [0.05, 0.1) is 5.69 Å². The molecular formula is C9H16N2O. The molecule has 1 rings (SSSR count). The van der Waals surface area contributed by atoms with Crippen molar-refractivity contribution < 1.29 is 4.42 Å². The first-order valence-corrected chi connectivity index (χ1v) is 4.31. The maximum atomic E-state index is 5.88. The van der Waals surface area contributed by atoms with Crippen LogP contribution >= 0.6 is 0 Å². The van der Waals surface area contributed by atoms with Gasteiger partial charge in [-0.1, -0.05) is 13.8 Å². The zero-order chi connectivity index (χ0) is 8.97. The highest BCUT2D eigenvalue weighted by Gasteiger charge is 2.07. The van der Waals surface area contributed by atoms with Crippen molar-refractivity contribution in [2.24, 2.45) is 11.7 Å². The second kappa shape index (κ2) is 4.26. The Bertz CT molecular complexity index is 206. The van der Waals surface area contributed by atoms with Crippen molar-refractivity contribution >= 4 is 0 Å². The first-order chi connectivity index (χ1) is 5.68. The molecular weight excluding hydrogens is 152 g/mol. The smallest absolute Gasteiger partial charge is 0.180 e. The van der Waals surface area contributed by atoms with Gasteiger partial charge in [0, 0.05) is 12.5 Å². The summed E-state index contributed by atoms with van der Waals surface area (Å²) in [5.41, 5.74) is 6.83. The number of hydrogen-bond acceptors (Lipinski definition) is 3. The van der Waals surface area contributed by atoms with Crippen LogP contribution in [0.25, 0.3) is 0 Å². The van der Waals surface area contributed by atoms with E-state index in [-0.39, 0.29) is 6.04 Å². The van der Waals surface area contributed by atoms with Gasteiger partial charge in [0.15, 0.2) is 6.39 Å². The average Bonchev–Trinajstić information content (AvgIpc) is 2.37. The van der Waals surface area contributed by atoms with Crippen LogP contribution in [0, 0.1) is 5.92 Å². The van der Waals surface area contributed by atoms with Crippen molar-refractivity contribution in [1.29, 1.82) is 0 Å². The summed E-state index contributed by atoms with van der Waals surface area (Å²) in [4.78, 5) is 4.02. The number of nitrogens with two attached hydrogens (primary N) is 1. The summed E-state index contributed by atoms with van der Waals surface area (Å²) in [6.07, 6.45) is 4.94. The van der Waals surface area contributed by atoms with Crippen molar-refractivity contribution in [2.75, 3.05) is 0 Å². The molecule has 1 aromatic rings. The van der Waals surface area contributed by atoms with Gasteiger partial charge in [-0.3, -0.25) is 0 Å². The summed E-state index contributed by atoms with van der Waals surface area (Å²) in [5, 5.41) is 0. The lowest BCUT2D eigenvalue weighted by Gasteiger charge is -2.11. The van der Waals surface area contributed by atoms with Gasteiger partial charge < -0.3 is 10.2 Å². The van der Waals surface area contributed by atoms with E-state index < -0.39 is 0 Å². The van der Waals surface area contributed by atoms with Gasteiger partial charge in [0.2, 0.25) is 0 Å². The molecule has 0 radical (unpaired) electrons. The fourth-order valence-corrected chi connectivity index (χ4v) is 1.30. The van der Waals surface area contributed by atoms with Crippen LogP contribution in [-0.2, 0) is 6.42 Å². The molecule has 1 heterocycles. The summed E-state index contributed by atoms with van der Waals surface area (Å²) >= 11 is 0. The normalized spacial score (nSPS) is 13.7. The van der Waals surface area contributed by atoms with Crippen LogP contribution in [0.15, 0.2) is 17.1 Å². The Hall–Kier alpha value is -0.830. The molecule has 0 aromatic carbocycles. The average molecular weight is 168 g/mol. The van der Waals surface area contributed by atoms with E-state index in [9.17, 15) is 0 Å². The molecule has 1 aromatic heterocycles. The lowest BCUT2D eigenvalue weighted by molar-refractivity contribution is 0.489. The summed E-state index contributed by atoms with van der Waals surface area (Å²) in [5.74, 6) is 0.645.